The summed E-state index contributed by atoms with van der Waals surface area (Å²) in [4.78, 5) is -0.395. The van der Waals surface area contributed by atoms with Crippen molar-refractivity contribution < 1.29 is 39.5 Å². The molecule has 1 saturated heterocycles. The average Bonchev–Trinajstić information content (AvgIpc) is 2.76. The minimum absolute atomic E-state index is 0.0403. The normalized spacial score (nSPS) is 15.8. The zero-order valence-electron chi connectivity index (χ0n) is 18.0. The van der Waals surface area contributed by atoms with Crippen LogP contribution in [0.1, 0.15) is 24.0 Å². The molecule has 8 nitrogen and oxygen atoms in total. The molecule has 0 aliphatic carbocycles. The van der Waals surface area contributed by atoms with Gasteiger partial charge in [-0.05, 0) is 55.0 Å². The van der Waals surface area contributed by atoms with Gasteiger partial charge in [-0.2, -0.15) is 13.2 Å². The van der Waals surface area contributed by atoms with Gasteiger partial charge in [-0.3, -0.25) is 4.72 Å². The second kappa shape index (κ2) is 10.5. The van der Waals surface area contributed by atoms with Crippen molar-refractivity contribution in [3.05, 3.63) is 53.6 Å². The second-order valence-corrected chi connectivity index (χ2v) is 11.3. The van der Waals surface area contributed by atoms with Crippen molar-refractivity contribution in [1.29, 1.82) is 0 Å². The van der Waals surface area contributed by atoms with Crippen LogP contribution >= 0.6 is 0 Å². The lowest BCUT2D eigenvalue weighted by atomic mass is 10.0. The van der Waals surface area contributed by atoms with Gasteiger partial charge >= 0.3 is 6.18 Å². The van der Waals surface area contributed by atoms with E-state index in [0.717, 1.165) is 31.0 Å². The van der Waals surface area contributed by atoms with Gasteiger partial charge in [-0.15, -0.1) is 0 Å². The fourth-order valence-corrected chi connectivity index (χ4v) is 5.32. The number of aryl methyl sites for hydroxylation is 1. The molecule has 34 heavy (non-hydrogen) atoms. The summed E-state index contributed by atoms with van der Waals surface area (Å²) in [5, 5.41) is 5.13. The van der Waals surface area contributed by atoms with E-state index < -0.39 is 42.4 Å². The summed E-state index contributed by atoms with van der Waals surface area (Å²) in [6.45, 7) is 1.28. The first-order valence-corrected chi connectivity index (χ1v) is 13.6. The lowest BCUT2D eigenvalue weighted by Crippen LogP contribution is -2.23. The van der Waals surface area contributed by atoms with E-state index in [0.29, 0.717) is 13.2 Å². The second-order valence-electron chi connectivity index (χ2n) is 7.90. The third-order valence-corrected chi connectivity index (χ3v) is 7.55. The van der Waals surface area contributed by atoms with Gasteiger partial charge in [-0.1, -0.05) is 18.2 Å². The summed E-state index contributed by atoms with van der Waals surface area (Å²) >= 11 is 0. The molecule has 0 radical (unpaired) electrons. The van der Waals surface area contributed by atoms with Crippen LogP contribution in [0, 0.1) is 5.92 Å². The van der Waals surface area contributed by atoms with Crippen molar-refractivity contribution >= 4 is 25.7 Å². The van der Waals surface area contributed by atoms with Crippen molar-refractivity contribution in [2.45, 2.75) is 30.3 Å². The molecule has 0 spiro atoms. The number of halogens is 3. The Hall–Kier alpha value is -2.35. The average molecular weight is 523 g/mol. The number of sulfonamides is 2. The smallest absolute Gasteiger partial charge is 0.416 e. The van der Waals surface area contributed by atoms with Gasteiger partial charge in [0.05, 0.1) is 23.6 Å². The summed E-state index contributed by atoms with van der Waals surface area (Å²) in [5.41, 5.74) is -0.833. The molecule has 3 N–H and O–H groups in total. The number of hydrogen-bond acceptors (Lipinski definition) is 6. The number of nitrogens with two attached hydrogens (primary N) is 1. The van der Waals surface area contributed by atoms with Gasteiger partial charge in [0.2, 0.25) is 20.0 Å². The van der Waals surface area contributed by atoms with Crippen LogP contribution in [-0.2, 0) is 37.4 Å². The van der Waals surface area contributed by atoms with Gasteiger partial charge in [-0.25, -0.2) is 22.0 Å². The Bertz CT molecular complexity index is 1210. The minimum atomic E-state index is -4.58. The van der Waals surface area contributed by atoms with Gasteiger partial charge in [0.15, 0.2) is 0 Å². The molecule has 0 bridgehead atoms. The van der Waals surface area contributed by atoms with Crippen LogP contribution in [0.15, 0.2) is 47.4 Å². The molecular formula is C21H25F3N2O6S2. The largest absolute Gasteiger partial charge is 0.493 e. The Morgan fingerprint density at radius 3 is 2.38 bits per heavy atom. The number of para-hydroxylation sites is 1. The van der Waals surface area contributed by atoms with E-state index in [1.165, 1.54) is 24.3 Å². The molecule has 1 fully saturated rings. The summed E-state index contributed by atoms with van der Waals surface area (Å²) in [6.07, 6.45) is -3.30. The molecule has 13 heteroatoms. The predicted molar refractivity (Wildman–Crippen MR) is 119 cm³/mol. The number of anilines is 1. The third-order valence-electron chi connectivity index (χ3n) is 5.31. The van der Waals surface area contributed by atoms with Gasteiger partial charge in [0, 0.05) is 13.2 Å². The molecule has 1 heterocycles. The van der Waals surface area contributed by atoms with Crippen molar-refractivity contribution in [1.82, 2.24) is 0 Å². The number of primary sulfonamides is 1. The van der Waals surface area contributed by atoms with Crippen LogP contribution in [0.3, 0.4) is 0 Å². The topological polar surface area (TPSA) is 125 Å². The van der Waals surface area contributed by atoms with Crippen molar-refractivity contribution in [3.8, 4) is 5.75 Å². The van der Waals surface area contributed by atoms with Crippen LogP contribution in [0.5, 0.6) is 5.75 Å². The van der Waals surface area contributed by atoms with Gasteiger partial charge in [0.25, 0.3) is 0 Å². The highest BCUT2D eigenvalue weighted by atomic mass is 32.2. The van der Waals surface area contributed by atoms with Crippen LogP contribution < -0.4 is 14.6 Å². The fraction of sp³-hybridized carbons (Fsp3) is 0.429. The molecule has 0 aromatic heterocycles. The first kappa shape index (κ1) is 26.3. The number of benzene rings is 2. The Labute approximate surface area is 196 Å². The van der Waals surface area contributed by atoms with E-state index in [1.54, 1.807) is 0 Å². The SMILES string of the molecule is NS(=O)(=O)c1ccccc1NS(=O)(=O)CCc1ccc(C(F)(F)F)cc1OCC1CCOCC1. The predicted octanol–water partition coefficient (Wildman–Crippen LogP) is 3.14. The van der Waals surface area contributed by atoms with Gasteiger partial charge < -0.3 is 9.47 Å². The third kappa shape index (κ3) is 7.32. The maximum Gasteiger partial charge on any atom is 0.416 e. The highest BCUT2D eigenvalue weighted by Gasteiger charge is 2.31. The van der Waals surface area contributed by atoms with Crippen molar-refractivity contribution in [2.24, 2.45) is 11.1 Å². The van der Waals surface area contributed by atoms with E-state index in [1.807, 2.05) is 0 Å². The quantitative estimate of drug-likeness (QED) is 0.521. The monoisotopic (exact) mass is 522 g/mol. The van der Waals surface area contributed by atoms with Crippen LogP contribution in [-0.4, -0.2) is 42.4 Å². The Morgan fingerprint density at radius 1 is 1.06 bits per heavy atom. The van der Waals surface area contributed by atoms with E-state index >= 15 is 0 Å². The number of nitrogens with one attached hydrogen (secondary N) is 1. The van der Waals surface area contributed by atoms with Gasteiger partial charge in [0.1, 0.15) is 10.6 Å². The first-order valence-electron chi connectivity index (χ1n) is 10.4. The molecule has 3 rings (SSSR count). The van der Waals surface area contributed by atoms with E-state index in [9.17, 15) is 30.0 Å². The number of rotatable bonds is 9. The maximum atomic E-state index is 13.2. The zero-order valence-corrected chi connectivity index (χ0v) is 19.7. The fourth-order valence-electron chi connectivity index (χ4n) is 3.45. The highest BCUT2D eigenvalue weighted by Crippen LogP contribution is 2.34. The minimum Gasteiger partial charge on any atom is -0.493 e. The summed E-state index contributed by atoms with van der Waals surface area (Å²) in [5.74, 6) is -0.442. The van der Waals surface area contributed by atoms with Crippen molar-refractivity contribution in [2.75, 3.05) is 30.3 Å². The van der Waals surface area contributed by atoms with E-state index in [-0.39, 0.29) is 35.9 Å². The number of ether oxygens (including phenoxy) is 2. The maximum absolute atomic E-state index is 13.2. The Kier molecular flexibility index (Phi) is 8.11. The molecule has 188 valence electrons. The van der Waals surface area contributed by atoms with E-state index in [4.69, 9.17) is 14.6 Å². The zero-order chi connectivity index (χ0) is 25.0. The number of hydrogen-bond donors (Lipinski definition) is 2. The molecule has 0 unspecified atom stereocenters. The Balaban J connectivity index is 1.77. The van der Waals surface area contributed by atoms with Crippen LogP contribution in [0.2, 0.25) is 0 Å². The highest BCUT2D eigenvalue weighted by molar-refractivity contribution is 7.93. The number of alkyl halides is 3. The molecule has 2 aromatic rings. The standard InChI is InChI=1S/C21H25F3N2O6S2/c22-21(23,24)17-6-5-16(19(13-17)32-14-15-7-10-31-11-8-15)9-12-33(27,28)26-18-3-1-2-4-20(18)34(25,29)30/h1-6,13,15,26H,7-12,14H2,(H2,25,29,30). The van der Waals surface area contributed by atoms with E-state index in [2.05, 4.69) is 4.72 Å². The Morgan fingerprint density at radius 2 is 1.74 bits per heavy atom. The summed E-state index contributed by atoms with van der Waals surface area (Å²) in [6, 6.07) is 8.16. The summed E-state index contributed by atoms with van der Waals surface area (Å²) < 4.78 is 101. The molecule has 2 aromatic carbocycles. The molecule has 0 saturated carbocycles. The lowest BCUT2D eigenvalue weighted by Gasteiger charge is -2.23. The molecule has 1 aliphatic heterocycles. The molecule has 0 amide bonds. The molecule has 0 atom stereocenters. The molecular weight excluding hydrogens is 497 g/mol. The van der Waals surface area contributed by atoms with Crippen LogP contribution in [0.4, 0.5) is 18.9 Å². The summed E-state index contributed by atoms with van der Waals surface area (Å²) in [7, 11) is -8.25. The lowest BCUT2D eigenvalue weighted by molar-refractivity contribution is -0.137. The van der Waals surface area contributed by atoms with Crippen LogP contribution in [0.25, 0.3) is 0 Å². The first-order chi connectivity index (χ1) is 15.9. The molecule has 1 aliphatic rings. The van der Waals surface area contributed by atoms with Crippen molar-refractivity contribution in [3.63, 3.8) is 0 Å².